The zero-order valence-corrected chi connectivity index (χ0v) is 10.6. The van der Waals surface area contributed by atoms with E-state index >= 15 is 0 Å². The fraction of sp³-hybridized carbons (Fsp3) is 0.308. The summed E-state index contributed by atoms with van der Waals surface area (Å²) >= 11 is 0. The summed E-state index contributed by atoms with van der Waals surface area (Å²) in [6.07, 6.45) is 2.70. The maximum Gasteiger partial charge on any atom is 0.150 e. The van der Waals surface area contributed by atoms with Crippen molar-refractivity contribution in [2.75, 3.05) is 5.73 Å². The van der Waals surface area contributed by atoms with Gasteiger partial charge in [0, 0.05) is 23.2 Å². The van der Waals surface area contributed by atoms with Crippen molar-refractivity contribution in [2.45, 2.75) is 26.7 Å². The van der Waals surface area contributed by atoms with Gasteiger partial charge in [-0.15, -0.1) is 0 Å². The van der Waals surface area contributed by atoms with Crippen LogP contribution < -0.4 is 5.73 Å². The Balaban J connectivity index is 2.67. The Kier molecular flexibility index (Phi) is 3.23. The first kappa shape index (κ1) is 12.4. The molecule has 0 spiro atoms. The van der Waals surface area contributed by atoms with Crippen LogP contribution in [-0.4, -0.2) is 15.0 Å². The first-order chi connectivity index (χ1) is 8.50. The lowest BCUT2D eigenvalue weighted by Crippen LogP contribution is -2.06. The molecule has 18 heavy (non-hydrogen) atoms. The maximum atomic E-state index is 13.8. The molecule has 4 nitrogen and oxygen atoms in total. The Morgan fingerprint density at radius 1 is 1.28 bits per heavy atom. The van der Waals surface area contributed by atoms with Gasteiger partial charge >= 0.3 is 0 Å². The Labute approximate surface area is 105 Å². The summed E-state index contributed by atoms with van der Waals surface area (Å²) in [5.41, 5.74) is 7.48. The summed E-state index contributed by atoms with van der Waals surface area (Å²) < 4.78 is 13.8. The summed E-state index contributed by atoms with van der Waals surface area (Å²) in [5.74, 6) is 0.731. The minimum Gasteiger partial charge on any atom is -0.383 e. The molecule has 2 aromatic heterocycles. The monoisotopic (exact) mass is 246 g/mol. The van der Waals surface area contributed by atoms with Crippen LogP contribution in [0.4, 0.5) is 10.2 Å². The van der Waals surface area contributed by atoms with Crippen molar-refractivity contribution in [3.8, 4) is 11.3 Å². The molecular weight excluding hydrogens is 231 g/mol. The molecule has 0 unspecified atom stereocenters. The summed E-state index contributed by atoms with van der Waals surface area (Å²) in [6, 6.07) is 1.59. The molecule has 0 aliphatic carbocycles. The second-order valence-electron chi connectivity index (χ2n) is 4.45. The van der Waals surface area contributed by atoms with E-state index in [9.17, 15) is 4.39 Å². The molecule has 0 saturated heterocycles. The SMILES string of the molecule is Cc1c(N)nc(C(C)C)nc1-c1ccncc1F. The van der Waals surface area contributed by atoms with Crippen LogP contribution in [0.5, 0.6) is 0 Å². The molecule has 0 radical (unpaired) electrons. The summed E-state index contributed by atoms with van der Waals surface area (Å²) in [6.45, 7) is 5.72. The van der Waals surface area contributed by atoms with Gasteiger partial charge in [0.05, 0.1) is 11.9 Å². The Bertz CT molecular complexity index is 581. The first-order valence-corrected chi connectivity index (χ1v) is 5.74. The van der Waals surface area contributed by atoms with E-state index in [1.807, 2.05) is 13.8 Å². The molecule has 2 heterocycles. The predicted molar refractivity (Wildman–Crippen MR) is 68.5 cm³/mol. The quantitative estimate of drug-likeness (QED) is 0.884. The Hall–Kier alpha value is -2.04. The average Bonchev–Trinajstić information content (AvgIpc) is 2.33. The first-order valence-electron chi connectivity index (χ1n) is 5.74. The highest BCUT2D eigenvalue weighted by atomic mass is 19.1. The van der Waals surface area contributed by atoms with Crippen LogP contribution in [0.1, 0.15) is 31.2 Å². The van der Waals surface area contributed by atoms with E-state index < -0.39 is 5.82 Å². The fourth-order valence-electron chi connectivity index (χ4n) is 1.64. The van der Waals surface area contributed by atoms with Gasteiger partial charge < -0.3 is 5.73 Å². The average molecular weight is 246 g/mol. The van der Waals surface area contributed by atoms with E-state index in [4.69, 9.17) is 5.73 Å². The van der Waals surface area contributed by atoms with Gasteiger partial charge in [0.1, 0.15) is 11.6 Å². The normalized spacial score (nSPS) is 10.9. The number of hydrogen-bond donors (Lipinski definition) is 1. The van der Waals surface area contributed by atoms with Crippen molar-refractivity contribution in [3.05, 3.63) is 35.7 Å². The second kappa shape index (κ2) is 4.68. The second-order valence-corrected chi connectivity index (χ2v) is 4.45. The van der Waals surface area contributed by atoms with Gasteiger partial charge in [-0.2, -0.15) is 0 Å². The van der Waals surface area contributed by atoms with Crippen molar-refractivity contribution < 1.29 is 4.39 Å². The zero-order valence-electron chi connectivity index (χ0n) is 10.6. The molecule has 2 aromatic rings. The number of halogens is 1. The highest BCUT2D eigenvalue weighted by Gasteiger charge is 2.15. The van der Waals surface area contributed by atoms with E-state index in [-0.39, 0.29) is 5.92 Å². The Morgan fingerprint density at radius 3 is 2.61 bits per heavy atom. The van der Waals surface area contributed by atoms with Crippen LogP contribution in [0.25, 0.3) is 11.3 Å². The Morgan fingerprint density at radius 2 is 2.00 bits per heavy atom. The molecule has 0 bridgehead atoms. The summed E-state index contributed by atoms with van der Waals surface area (Å²) in [5, 5.41) is 0. The molecule has 0 aromatic carbocycles. The number of rotatable bonds is 2. The molecule has 2 N–H and O–H groups in total. The molecular formula is C13H15FN4. The van der Waals surface area contributed by atoms with E-state index in [1.54, 1.807) is 13.0 Å². The fourth-order valence-corrected chi connectivity index (χ4v) is 1.64. The topological polar surface area (TPSA) is 64.7 Å². The largest absolute Gasteiger partial charge is 0.383 e. The lowest BCUT2D eigenvalue weighted by atomic mass is 10.1. The van der Waals surface area contributed by atoms with E-state index in [1.165, 1.54) is 12.4 Å². The van der Waals surface area contributed by atoms with E-state index in [2.05, 4.69) is 15.0 Å². The summed E-state index contributed by atoms with van der Waals surface area (Å²) in [7, 11) is 0. The van der Waals surface area contributed by atoms with Gasteiger partial charge in [-0.1, -0.05) is 13.8 Å². The number of anilines is 1. The van der Waals surface area contributed by atoms with Crippen LogP contribution in [-0.2, 0) is 0 Å². The van der Waals surface area contributed by atoms with Gasteiger partial charge in [0.2, 0.25) is 0 Å². The van der Waals surface area contributed by atoms with Crippen molar-refractivity contribution in [1.82, 2.24) is 15.0 Å². The number of nitrogen functional groups attached to an aromatic ring is 1. The van der Waals surface area contributed by atoms with Gasteiger partial charge in [-0.25, -0.2) is 14.4 Å². The maximum absolute atomic E-state index is 13.8. The number of nitrogens with two attached hydrogens (primary N) is 1. The van der Waals surface area contributed by atoms with E-state index in [0.717, 1.165) is 0 Å². The van der Waals surface area contributed by atoms with Crippen LogP contribution in [0.3, 0.4) is 0 Å². The molecule has 0 aliphatic heterocycles. The molecule has 94 valence electrons. The van der Waals surface area contributed by atoms with Gasteiger partial charge in [-0.3, -0.25) is 4.98 Å². The van der Waals surface area contributed by atoms with Crippen molar-refractivity contribution >= 4 is 5.82 Å². The lowest BCUT2D eigenvalue weighted by Gasteiger charge is -2.12. The third kappa shape index (κ3) is 2.16. The molecule has 0 atom stereocenters. The van der Waals surface area contributed by atoms with Crippen LogP contribution in [0, 0.1) is 12.7 Å². The molecule has 0 aliphatic rings. The van der Waals surface area contributed by atoms with Crippen molar-refractivity contribution in [2.24, 2.45) is 0 Å². The minimum absolute atomic E-state index is 0.136. The van der Waals surface area contributed by atoms with Gasteiger partial charge in [0.25, 0.3) is 0 Å². The molecule has 0 saturated carbocycles. The number of pyridine rings is 1. The zero-order chi connectivity index (χ0) is 13.3. The number of nitrogens with zero attached hydrogens (tertiary/aromatic N) is 3. The number of aromatic nitrogens is 3. The third-order valence-electron chi connectivity index (χ3n) is 2.74. The smallest absolute Gasteiger partial charge is 0.150 e. The third-order valence-corrected chi connectivity index (χ3v) is 2.74. The van der Waals surface area contributed by atoms with Crippen LogP contribution in [0.2, 0.25) is 0 Å². The van der Waals surface area contributed by atoms with Crippen LogP contribution in [0.15, 0.2) is 18.5 Å². The van der Waals surface area contributed by atoms with Gasteiger partial charge in [-0.05, 0) is 13.0 Å². The molecule has 0 fully saturated rings. The number of hydrogen-bond acceptors (Lipinski definition) is 4. The van der Waals surface area contributed by atoms with Gasteiger partial charge in [0.15, 0.2) is 5.82 Å². The van der Waals surface area contributed by atoms with Crippen LogP contribution >= 0.6 is 0 Å². The molecule has 0 amide bonds. The highest BCUT2D eigenvalue weighted by molar-refractivity contribution is 5.67. The highest BCUT2D eigenvalue weighted by Crippen LogP contribution is 2.27. The minimum atomic E-state index is -0.409. The van der Waals surface area contributed by atoms with Crippen molar-refractivity contribution in [3.63, 3.8) is 0 Å². The summed E-state index contributed by atoms with van der Waals surface area (Å²) in [4.78, 5) is 12.4. The van der Waals surface area contributed by atoms with Crippen molar-refractivity contribution in [1.29, 1.82) is 0 Å². The lowest BCUT2D eigenvalue weighted by molar-refractivity contribution is 0.623. The van der Waals surface area contributed by atoms with E-state index in [0.29, 0.717) is 28.5 Å². The molecule has 2 rings (SSSR count). The standard InChI is InChI=1S/C13H15FN4/c1-7(2)13-17-11(8(3)12(15)18-13)9-4-5-16-6-10(9)14/h4-7H,1-3H3,(H2,15,17,18). The molecule has 5 heteroatoms. The predicted octanol–water partition coefficient (Wildman–Crippen LogP) is 2.69.